The Morgan fingerprint density at radius 1 is 1.28 bits per heavy atom. The first-order valence-corrected chi connectivity index (χ1v) is 5.52. The highest BCUT2D eigenvalue weighted by Crippen LogP contribution is 2.20. The lowest BCUT2D eigenvalue weighted by Gasteiger charge is -2.20. The van der Waals surface area contributed by atoms with Crippen LogP contribution in [0.4, 0.5) is 4.79 Å². The summed E-state index contributed by atoms with van der Waals surface area (Å²) in [6, 6.07) is 7.35. The van der Waals surface area contributed by atoms with Crippen LogP contribution >= 0.6 is 0 Å². The molecule has 1 heterocycles. The standard InChI is InChI=1S/C12H13NO5/c14-8-6-10(11(15)16)13(7-8)12(17)18-9-4-2-1-3-5-9/h1-5,8,10,14H,6-7H2,(H,15,16)/t8-,10-/m0/s1. The van der Waals surface area contributed by atoms with E-state index in [0.717, 1.165) is 4.90 Å². The number of rotatable bonds is 2. The number of carbonyl (C=O) groups is 2. The maximum atomic E-state index is 11.8. The van der Waals surface area contributed by atoms with Crippen molar-refractivity contribution in [1.82, 2.24) is 4.90 Å². The topological polar surface area (TPSA) is 87.1 Å². The maximum absolute atomic E-state index is 11.8. The normalized spacial score (nSPS) is 22.8. The number of likely N-dealkylation sites (tertiary alicyclic amines) is 1. The molecule has 0 radical (unpaired) electrons. The third-order valence-electron chi connectivity index (χ3n) is 2.75. The molecule has 18 heavy (non-hydrogen) atoms. The Morgan fingerprint density at radius 3 is 2.56 bits per heavy atom. The lowest BCUT2D eigenvalue weighted by atomic mass is 10.2. The molecule has 6 heteroatoms. The van der Waals surface area contributed by atoms with Crippen LogP contribution in [0.25, 0.3) is 0 Å². The van der Waals surface area contributed by atoms with E-state index in [0.29, 0.717) is 5.75 Å². The van der Waals surface area contributed by atoms with E-state index in [1.807, 2.05) is 0 Å². The number of benzene rings is 1. The van der Waals surface area contributed by atoms with Gasteiger partial charge in [0.05, 0.1) is 12.6 Å². The number of ether oxygens (including phenoxy) is 1. The summed E-state index contributed by atoms with van der Waals surface area (Å²) < 4.78 is 5.04. The molecule has 0 spiro atoms. The third kappa shape index (κ3) is 2.60. The summed E-state index contributed by atoms with van der Waals surface area (Å²) in [4.78, 5) is 23.8. The molecule has 1 aromatic carbocycles. The fraction of sp³-hybridized carbons (Fsp3) is 0.333. The zero-order valence-corrected chi connectivity index (χ0v) is 9.52. The second kappa shape index (κ2) is 5.05. The van der Waals surface area contributed by atoms with Gasteiger partial charge in [0, 0.05) is 6.42 Å². The van der Waals surface area contributed by atoms with Crippen LogP contribution in [0, 0.1) is 0 Å². The van der Waals surface area contributed by atoms with Crippen LogP contribution < -0.4 is 4.74 Å². The van der Waals surface area contributed by atoms with Gasteiger partial charge in [-0.3, -0.25) is 4.90 Å². The van der Waals surface area contributed by atoms with E-state index >= 15 is 0 Å². The second-order valence-corrected chi connectivity index (χ2v) is 4.08. The number of aliphatic hydroxyl groups excluding tert-OH is 1. The number of carbonyl (C=O) groups excluding carboxylic acids is 1. The van der Waals surface area contributed by atoms with E-state index in [1.54, 1.807) is 30.3 Å². The minimum atomic E-state index is -1.14. The summed E-state index contributed by atoms with van der Waals surface area (Å²) in [7, 11) is 0. The number of carboxylic acids is 1. The molecule has 1 aliphatic rings. The zero-order valence-electron chi connectivity index (χ0n) is 9.52. The highest BCUT2D eigenvalue weighted by atomic mass is 16.6. The maximum Gasteiger partial charge on any atom is 0.416 e. The predicted molar refractivity (Wildman–Crippen MR) is 61.2 cm³/mol. The van der Waals surface area contributed by atoms with E-state index in [2.05, 4.69) is 0 Å². The van der Waals surface area contributed by atoms with Crippen molar-refractivity contribution < 1.29 is 24.5 Å². The molecule has 2 rings (SSSR count). The van der Waals surface area contributed by atoms with Crippen molar-refractivity contribution in [3.05, 3.63) is 30.3 Å². The Kier molecular flexibility index (Phi) is 3.47. The van der Waals surface area contributed by atoms with Gasteiger partial charge in [0.15, 0.2) is 0 Å². The summed E-state index contributed by atoms with van der Waals surface area (Å²) in [5.41, 5.74) is 0. The average Bonchev–Trinajstić information content (AvgIpc) is 2.73. The smallest absolute Gasteiger partial charge is 0.416 e. The van der Waals surface area contributed by atoms with Crippen molar-refractivity contribution in [2.75, 3.05) is 6.54 Å². The van der Waals surface area contributed by atoms with Crippen LogP contribution in [0.5, 0.6) is 5.75 Å². The van der Waals surface area contributed by atoms with Gasteiger partial charge in [-0.25, -0.2) is 9.59 Å². The number of nitrogens with zero attached hydrogens (tertiary/aromatic N) is 1. The van der Waals surface area contributed by atoms with Crippen LogP contribution in [0.1, 0.15) is 6.42 Å². The van der Waals surface area contributed by atoms with Crippen molar-refractivity contribution in [2.45, 2.75) is 18.6 Å². The number of β-amino-alcohol motifs (C(OH)–C–C–N with tert-alkyl or cyclic N) is 1. The van der Waals surface area contributed by atoms with Crippen molar-refractivity contribution in [3.63, 3.8) is 0 Å². The molecule has 0 aliphatic carbocycles. The molecule has 2 atom stereocenters. The Balaban J connectivity index is 2.06. The first-order valence-electron chi connectivity index (χ1n) is 5.52. The quantitative estimate of drug-likeness (QED) is 0.808. The molecule has 6 nitrogen and oxygen atoms in total. The molecule has 0 bridgehead atoms. The number of hydrogen-bond acceptors (Lipinski definition) is 4. The van der Waals surface area contributed by atoms with Gasteiger partial charge >= 0.3 is 12.1 Å². The molecule has 0 aromatic heterocycles. The molecule has 1 aromatic rings. The lowest BCUT2D eigenvalue weighted by Crippen LogP contribution is -2.42. The fourth-order valence-corrected chi connectivity index (χ4v) is 1.90. The minimum Gasteiger partial charge on any atom is -0.480 e. The Bertz CT molecular complexity index is 447. The summed E-state index contributed by atoms with van der Waals surface area (Å²) in [5.74, 6) is -0.801. The van der Waals surface area contributed by atoms with Crippen molar-refractivity contribution in [3.8, 4) is 5.75 Å². The third-order valence-corrected chi connectivity index (χ3v) is 2.75. The monoisotopic (exact) mass is 251 g/mol. The second-order valence-electron chi connectivity index (χ2n) is 4.08. The van der Waals surface area contributed by atoms with E-state index in [-0.39, 0.29) is 13.0 Å². The molecule has 2 N–H and O–H groups in total. The summed E-state index contributed by atoms with van der Waals surface area (Å²) in [6.07, 6.45) is -1.56. The highest BCUT2D eigenvalue weighted by Gasteiger charge is 2.40. The van der Waals surface area contributed by atoms with E-state index in [1.165, 1.54) is 0 Å². The average molecular weight is 251 g/mol. The molecule has 96 valence electrons. The number of carboxylic acid groups (broad SMARTS) is 1. The SMILES string of the molecule is O=C(O)[C@@H]1C[C@H](O)CN1C(=O)Oc1ccccc1. The molecule has 1 aliphatic heterocycles. The first-order chi connectivity index (χ1) is 8.58. The summed E-state index contributed by atoms with van der Waals surface area (Å²) in [6.45, 7) is -0.0252. The molecular weight excluding hydrogens is 238 g/mol. The van der Waals surface area contributed by atoms with Gasteiger partial charge in [0.2, 0.25) is 0 Å². The van der Waals surface area contributed by atoms with Gasteiger partial charge in [0.25, 0.3) is 0 Å². The van der Waals surface area contributed by atoms with E-state index in [9.17, 15) is 14.7 Å². The molecule has 0 unspecified atom stereocenters. The van der Waals surface area contributed by atoms with E-state index in [4.69, 9.17) is 9.84 Å². The van der Waals surface area contributed by atoms with Crippen molar-refractivity contribution in [2.24, 2.45) is 0 Å². The summed E-state index contributed by atoms with van der Waals surface area (Å²) >= 11 is 0. The van der Waals surface area contributed by atoms with Crippen molar-refractivity contribution in [1.29, 1.82) is 0 Å². The minimum absolute atomic E-state index is 0.0252. The molecule has 0 saturated carbocycles. The lowest BCUT2D eigenvalue weighted by molar-refractivity contribution is -0.141. The Hall–Kier alpha value is -2.08. The van der Waals surface area contributed by atoms with E-state index < -0.39 is 24.2 Å². The number of hydrogen-bond donors (Lipinski definition) is 2. The number of aliphatic carboxylic acids is 1. The largest absolute Gasteiger partial charge is 0.480 e. The Labute approximate surface area is 103 Å². The molecule has 1 amide bonds. The van der Waals surface area contributed by atoms with Gasteiger partial charge in [-0.05, 0) is 12.1 Å². The number of para-hydroxylation sites is 1. The molecular formula is C12H13NO5. The van der Waals surface area contributed by atoms with Crippen LogP contribution in [-0.2, 0) is 4.79 Å². The number of aliphatic hydroxyl groups is 1. The van der Waals surface area contributed by atoms with Gasteiger partial charge in [-0.1, -0.05) is 18.2 Å². The van der Waals surface area contributed by atoms with Gasteiger partial charge in [0.1, 0.15) is 11.8 Å². The van der Waals surface area contributed by atoms with Crippen LogP contribution in [0.2, 0.25) is 0 Å². The van der Waals surface area contributed by atoms with Gasteiger partial charge in [-0.15, -0.1) is 0 Å². The zero-order chi connectivity index (χ0) is 13.1. The fourth-order valence-electron chi connectivity index (χ4n) is 1.90. The van der Waals surface area contributed by atoms with Crippen LogP contribution in [0.3, 0.4) is 0 Å². The van der Waals surface area contributed by atoms with Gasteiger partial charge in [-0.2, -0.15) is 0 Å². The van der Waals surface area contributed by atoms with Crippen molar-refractivity contribution >= 4 is 12.1 Å². The molecule has 1 saturated heterocycles. The predicted octanol–water partition coefficient (Wildman–Crippen LogP) is 0.705. The highest BCUT2D eigenvalue weighted by molar-refractivity contribution is 5.81. The first kappa shape index (κ1) is 12.4. The summed E-state index contributed by atoms with van der Waals surface area (Å²) in [5, 5.41) is 18.4. The van der Waals surface area contributed by atoms with Crippen LogP contribution in [0.15, 0.2) is 30.3 Å². The Morgan fingerprint density at radius 2 is 1.94 bits per heavy atom. The van der Waals surface area contributed by atoms with Crippen LogP contribution in [-0.4, -0.2) is 45.9 Å². The number of amides is 1. The molecule has 1 fully saturated rings. The van der Waals surface area contributed by atoms with Gasteiger partial charge < -0.3 is 14.9 Å².